The highest BCUT2D eigenvalue weighted by molar-refractivity contribution is 6.30. The number of hydrogen-bond donors (Lipinski definition) is 1. The predicted molar refractivity (Wildman–Crippen MR) is 102 cm³/mol. The van der Waals surface area contributed by atoms with Crippen LogP contribution in [0.15, 0.2) is 36.8 Å². The van der Waals surface area contributed by atoms with E-state index in [1.54, 1.807) is 6.20 Å². The Balaban J connectivity index is 1.34. The number of ether oxygens (including phenoxy) is 1. The van der Waals surface area contributed by atoms with Gasteiger partial charge in [0, 0.05) is 39.1 Å². The van der Waals surface area contributed by atoms with Crippen molar-refractivity contribution in [3.05, 3.63) is 41.8 Å². The zero-order valence-corrected chi connectivity index (χ0v) is 15.8. The zero-order valence-electron chi connectivity index (χ0n) is 15.1. The molecule has 0 amide bonds. The van der Waals surface area contributed by atoms with Gasteiger partial charge in [0.15, 0.2) is 0 Å². The molecule has 26 heavy (non-hydrogen) atoms. The Morgan fingerprint density at radius 1 is 1.23 bits per heavy atom. The van der Waals surface area contributed by atoms with Gasteiger partial charge in [0.05, 0.1) is 29.9 Å². The molecule has 7 heteroatoms. The number of rotatable bonds is 6. The minimum atomic E-state index is 0.239. The van der Waals surface area contributed by atoms with Gasteiger partial charge in [-0.3, -0.25) is 4.68 Å². The molecule has 1 saturated heterocycles. The fraction of sp³-hybridized carbons (Fsp3) is 0.579. The topological polar surface area (TPSA) is 55.2 Å². The van der Waals surface area contributed by atoms with Crippen molar-refractivity contribution in [2.24, 2.45) is 11.8 Å². The van der Waals surface area contributed by atoms with E-state index >= 15 is 0 Å². The summed E-state index contributed by atoms with van der Waals surface area (Å²) in [5.74, 6) is 2.36. The van der Waals surface area contributed by atoms with Crippen LogP contribution < -0.4 is 5.32 Å². The number of aromatic nitrogens is 3. The van der Waals surface area contributed by atoms with E-state index < -0.39 is 0 Å². The Kier molecular flexibility index (Phi) is 5.43. The number of nitrogens with zero attached hydrogens (tertiary/aromatic N) is 4. The summed E-state index contributed by atoms with van der Waals surface area (Å²) in [6.07, 6.45) is 7.89. The van der Waals surface area contributed by atoms with Gasteiger partial charge in [-0.15, -0.1) is 0 Å². The van der Waals surface area contributed by atoms with E-state index in [1.165, 1.54) is 0 Å². The van der Waals surface area contributed by atoms with Crippen LogP contribution in [-0.2, 0) is 11.3 Å². The number of fused-ring (bicyclic) bond motifs is 1. The number of nitrogens with one attached hydrogen (secondary N) is 1. The fourth-order valence-corrected chi connectivity index (χ4v) is 4.60. The first-order valence-corrected chi connectivity index (χ1v) is 9.69. The molecule has 1 N–H and O–H groups in total. The molecule has 4 atom stereocenters. The Morgan fingerprint density at radius 2 is 2.08 bits per heavy atom. The molecule has 0 unspecified atom stereocenters. The molecule has 2 aromatic rings. The van der Waals surface area contributed by atoms with Gasteiger partial charge >= 0.3 is 0 Å². The highest BCUT2D eigenvalue weighted by Gasteiger charge is 2.42. The molecule has 2 aromatic heterocycles. The van der Waals surface area contributed by atoms with Crippen LogP contribution in [0.2, 0.25) is 5.02 Å². The van der Waals surface area contributed by atoms with Crippen LogP contribution in [0, 0.1) is 11.8 Å². The van der Waals surface area contributed by atoms with E-state index in [0.29, 0.717) is 22.9 Å². The Labute approximate surface area is 159 Å². The molecule has 1 aliphatic carbocycles. The SMILES string of the molecule is CO[C@@H]1C[C@H]2CN(CCn3cc(Cl)cn3)C[C@H]2C[C@H]1Nc1ccccn1. The summed E-state index contributed by atoms with van der Waals surface area (Å²) < 4.78 is 7.74. The van der Waals surface area contributed by atoms with Crippen LogP contribution in [0.4, 0.5) is 5.82 Å². The molecule has 1 aliphatic heterocycles. The van der Waals surface area contributed by atoms with Crippen LogP contribution in [0.1, 0.15) is 12.8 Å². The summed E-state index contributed by atoms with van der Waals surface area (Å²) >= 11 is 5.95. The van der Waals surface area contributed by atoms with Crippen LogP contribution in [0.25, 0.3) is 0 Å². The van der Waals surface area contributed by atoms with Crippen molar-refractivity contribution < 1.29 is 4.74 Å². The number of hydrogen-bond acceptors (Lipinski definition) is 5. The number of halogens is 1. The molecule has 0 spiro atoms. The van der Waals surface area contributed by atoms with Gasteiger partial charge in [0.2, 0.25) is 0 Å². The van der Waals surface area contributed by atoms with Crippen molar-refractivity contribution >= 4 is 17.4 Å². The number of likely N-dealkylation sites (tertiary alicyclic amines) is 1. The molecule has 0 bridgehead atoms. The zero-order chi connectivity index (χ0) is 17.9. The number of anilines is 1. The van der Waals surface area contributed by atoms with E-state index in [2.05, 4.69) is 20.3 Å². The lowest BCUT2D eigenvalue weighted by Gasteiger charge is -2.37. The molecule has 6 nitrogen and oxygen atoms in total. The van der Waals surface area contributed by atoms with Gasteiger partial charge in [0.1, 0.15) is 5.82 Å². The van der Waals surface area contributed by atoms with Crippen LogP contribution in [0.3, 0.4) is 0 Å². The maximum absolute atomic E-state index is 5.95. The van der Waals surface area contributed by atoms with E-state index in [4.69, 9.17) is 16.3 Å². The molecule has 1 saturated carbocycles. The second-order valence-corrected chi connectivity index (χ2v) is 7.85. The normalized spacial score (nSPS) is 28.8. The first-order valence-electron chi connectivity index (χ1n) is 9.32. The Bertz CT molecular complexity index is 709. The molecule has 140 valence electrons. The van der Waals surface area contributed by atoms with E-state index in [0.717, 1.165) is 44.8 Å². The molecule has 0 aromatic carbocycles. The summed E-state index contributed by atoms with van der Waals surface area (Å²) in [6.45, 7) is 4.20. The van der Waals surface area contributed by atoms with Crippen molar-refractivity contribution in [2.75, 3.05) is 32.1 Å². The lowest BCUT2D eigenvalue weighted by molar-refractivity contribution is 0.0304. The van der Waals surface area contributed by atoms with Crippen molar-refractivity contribution in [2.45, 2.75) is 31.5 Å². The van der Waals surface area contributed by atoms with Crippen molar-refractivity contribution in [1.29, 1.82) is 0 Å². The molecular weight excluding hydrogens is 350 g/mol. The summed E-state index contributed by atoms with van der Waals surface area (Å²) in [4.78, 5) is 6.97. The number of methoxy groups -OCH3 is 1. The minimum Gasteiger partial charge on any atom is -0.379 e. The van der Waals surface area contributed by atoms with E-state index in [-0.39, 0.29) is 6.10 Å². The second kappa shape index (κ2) is 7.94. The van der Waals surface area contributed by atoms with E-state index in [1.807, 2.05) is 42.4 Å². The quantitative estimate of drug-likeness (QED) is 0.841. The van der Waals surface area contributed by atoms with Crippen molar-refractivity contribution in [3.63, 3.8) is 0 Å². The average Bonchev–Trinajstić information content (AvgIpc) is 3.25. The molecule has 2 fully saturated rings. The maximum atomic E-state index is 5.95. The fourth-order valence-electron chi connectivity index (χ4n) is 4.45. The molecular formula is C19H26ClN5O. The summed E-state index contributed by atoms with van der Waals surface area (Å²) in [5, 5.41) is 8.56. The standard InChI is InChI=1S/C19H26ClN5O/c1-26-18-9-15-12-24(6-7-25-13-16(20)10-22-25)11-14(15)8-17(18)23-19-4-2-3-5-21-19/h2-5,10,13-15,17-18H,6-9,11-12H2,1H3,(H,21,23)/t14-,15+,17-,18-/m1/s1. The lowest BCUT2D eigenvalue weighted by Crippen LogP contribution is -2.44. The largest absolute Gasteiger partial charge is 0.379 e. The number of pyridine rings is 1. The van der Waals surface area contributed by atoms with Crippen LogP contribution in [0.5, 0.6) is 0 Å². The van der Waals surface area contributed by atoms with Gasteiger partial charge in [-0.05, 0) is 36.8 Å². The molecule has 4 rings (SSSR count). The van der Waals surface area contributed by atoms with Crippen molar-refractivity contribution in [3.8, 4) is 0 Å². The van der Waals surface area contributed by atoms with Crippen LogP contribution >= 0.6 is 11.6 Å². The monoisotopic (exact) mass is 375 g/mol. The summed E-state index contributed by atoms with van der Waals surface area (Å²) in [7, 11) is 1.83. The highest BCUT2D eigenvalue weighted by atomic mass is 35.5. The van der Waals surface area contributed by atoms with Crippen LogP contribution in [-0.4, -0.2) is 58.6 Å². The Hall–Kier alpha value is -1.63. The van der Waals surface area contributed by atoms with Gasteiger partial charge in [0.25, 0.3) is 0 Å². The van der Waals surface area contributed by atoms with E-state index in [9.17, 15) is 0 Å². The average molecular weight is 376 g/mol. The first kappa shape index (κ1) is 17.8. The van der Waals surface area contributed by atoms with Gasteiger partial charge < -0.3 is 15.0 Å². The summed E-state index contributed by atoms with van der Waals surface area (Å²) in [5.41, 5.74) is 0. The minimum absolute atomic E-state index is 0.239. The molecule has 0 radical (unpaired) electrons. The van der Waals surface area contributed by atoms with Crippen molar-refractivity contribution in [1.82, 2.24) is 19.7 Å². The first-order chi connectivity index (χ1) is 12.7. The third-order valence-electron chi connectivity index (χ3n) is 5.74. The highest BCUT2D eigenvalue weighted by Crippen LogP contribution is 2.38. The molecule has 2 aliphatic rings. The smallest absolute Gasteiger partial charge is 0.126 e. The predicted octanol–water partition coefficient (Wildman–Crippen LogP) is 2.77. The third-order valence-corrected chi connectivity index (χ3v) is 5.94. The second-order valence-electron chi connectivity index (χ2n) is 7.41. The lowest BCUT2D eigenvalue weighted by atomic mass is 9.77. The summed E-state index contributed by atoms with van der Waals surface area (Å²) in [6, 6.07) is 6.30. The Morgan fingerprint density at radius 3 is 2.77 bits per heavy atom. The van der Waals surface area contributed by atoms with Gasteiger partial charge in [-0.25, -0.2) is 4.98 Å². The third kappa shape index (κ3) is 4.03. The van der Waals surface area contributed by atoms with Gasteiger partial charge in [-0.2, -0.15) is 5.10 Å². The maximum Gasteiger partial charge on any atom is 0.126 e. The van der Waals surface area contributed by atoms with Gasteiger partial charge in [-0.1, -0.05) is 17.7 Å². The molecule has 3 heterocycles.